The summed E-state index contributed by atoms with van der Waals surface area (Å²) < 4.78 is 0. The van der Waals surface area contributed by atoms with Crippen LogP contribution in [0.4, 0.5) is 0 Å². The van der Waals surface area contributed by atoms with Crippen LogP contribution >= 0.6 is 0 Å². The molecule has 2 amide bonds. The Labute approximate surface area is 161 Å². The summed E-state index contributed by atoms with van der Waals surface area (Å²) in [7, 11) is 0. The van der Waals surface area contributed by atoms with Crippen molar-refractivity contribution < 1.29 is 29.4 Å². The van der Waals surface area contributed by atoms with Gasteiger partial charge in [0.2, 0.25) is 11.8 Å². The van der Waals surface area contributed by atoms with Crippen LogP contribution in [0.25, 0.3) is 0 Å². The third-order valence-electron chi connectivity index (χ3n) is 4.36. The number of hydrogen-bond donors (Lipinski definition) is 3. The van der Waals surface area contributed by atoms with Crippen molar-refractivity contribution in [2.45, 2.75) is 84.7 Å². The maximum atomic E-state index is 12.8. The summed E-state index contributed by atoms with van der Waals surface area (Å²) in [5.74, 6) is -3.81. The Morgan fingerprint density at radius 1 is 0.963 bits per heavy atom. The van der Waals surface area contributed by atoms with E-state index in [0.717, 1.165) is 30.6 Å². The first-order valence-corrected chi connectivity index (χ1v) is 9.70. The number of hydrogen-bond acceptors (Lipinski definition) is 4. The summed E-state index contributed by atoms with van der Waals surface area (Å²) in [6.07, 6.45) is 4.41. The fourth-order valence-electron chi connectivity index (χ4n) is 3.00. The summed E-state index contributed by atoms with van der Waals surface area (Å²) in [5.41, 5.74) is 0. The van der Waals surface area contributed by atoms with Gasteiger partial charge in [-0.25, -0.2) is 4.79 Å². The number of carbonyl (C=O) groups excluding carboxylic acids is 2. The number of aliphatic carboxylic acids is 2. The number of nitrogens with one attached hydrogen (secondary N) is 1. The smallest absolute Gasteiger partial charge is 0.326 e. The summed E-state index contributed by atoms with van der Waals surface area (Å²) in [4.78, 5) is 48.7. The fraction of sp³-hybridized carbons (Fsp3) is 0.789. The Morgan fingerprint density at radius 2 is 1.56 bits per heavy atom. The highest BCUT2D eigenvalue weighted by molar-refractivity contribution is 5.93. The van der Waals surface area contributed by atoms with Crippen LogP contribution in [0.3, 0.4) is 0 Å². The number of nitrogens with zero attached hydrogens (tertiary/aromatic N) is 1. The van der Waals surface area contributed by atoms with Crippen molar-refractivity contribution in [2.24, 2.45) is 5.92 Å². The van der Waals surface area contributed by atoms with Gasteiger partial charge in [-0.15, -0.1) is 0 Å². The molecule has 0 aromatic heterocycles. The quantitative estimate of drug-likeness (QED) is 0.393. The molecule has 0 heterocycles. The van der Waals surface area contributed by atoms with Gasteiger partial charge in [-0.1, -0.05) is 46.5 Å². The fourth-order valence-corrected chi connectivity index (χ4v) is 3.00. The van der Waals surface area contributed by atoms with Crippen molar-refractivity contribution in [2.75, 3.05) is 6.54 Å². The molecule has 0 aliphatic rings. The molecule has 0 radical (unpaired) electrons. The van der Waals surface area contributed by atoms with E-state index in [4.69, 9.17) is 5.11 Å². The molecule has 0 aromatic carbocycles. The van der Waals surface area contributed by atoms with E-state index in [1.165, 1.54) is 0 Å². The zero-order valence-corrected chi connectivity index (χ0v) is 16.9. The molecule has 0 spiro atoms. The molecular formula is C19H34N2O6. The van der Waals surface area contributed by atoms with Crippen LogP contribution in [0, 0.1) is 5.92 Å². The van der Waals surface area contributed by atoms with Gasteiger partial charge < -0.3 is 20.4 Å². The second kappa shape index (κ2) is 13.1. The van der Waals surface area contributed by atoms with E-state index < -0.39 is 42.3 Å². The van der Waals surface area contributed by atoms with Crippen molar-refractivity contribution >= 4 is 23.8 Å². The first-order valence-electron chi connectivity index (χ1n) is 9.70. The molecule has 27 heavy (non-hydrogen) atoms. The number of unbranched alkanes of at least 4 members (excludes halogenated alkanes) is 4. The van der Waals surface area contributed by atoms with E-state index in [1.807, 2.05) is 0 Å². The molecule has 0 bridgehead atoms. The molecule has 8 nitrogen and oxygen atoms in total. The monoisotopic (exact) mass is 386 g/mol. The second-order valence-corrected chi connectivity index (χ2v) is 7.03. The predicted octanol–water partition coefficient (Wildman–Crippen LogP) is 2.26. The molecule has 156 valence electrons. The van der Waals surface area contributed by atoms with Crippen molar-refractivity contribution in [3.8, 4) is 0 Å². The van der Waals surface area contributed by atoms with Gasteiger partial charge in [0, 0.05) is 13.0 Å². The van der Waals surface area contributed by atoms with Crippen molar-refractivity contribution in [3.63, 3.8) is 0 Å². The summed E-state index contributed by atoms with van der Waals surface area (Å²) in [6, 6.07) is -2.35. The SMILES string of the molecule is CCCCCCCC(=O)N[C@@H](CC(=O)O)C(=O)N(CC)[C@H](C(=O)O)C(C)C. The highest BCUT2D eigenvalue weighted by Gasteiger charge is 2.36. The molecule has 0 aliphatic heterocycles. The van der Waals surface area contributed by atoms with Crippen LogP contribution in [-0.4, -0.2) is 57.5 Å². The highest BCUT2D eigenvalue weighted by atomic mass is 16.4. The number of carbonyl (C=O) groups is 4. The van der Waals surface area contributed by atoms with Crippen molar-refractivity contribution in [1.82, 2.24) is 10.2 Å². The molecule has 0 aliphatic carbocycles. The highest BCUT2D eigenvalue weighted by Crippen LogP contribution is 2.14. The summed E-state index contributed by atoms with van der Waals surface area (Å²) in [5, 5.41) is 21.0. The van der Waals surface area contributed by atoms with Gasteiger partial charge >= 0.3 is 11.9 Å². The number of carboxylic acid groups (broad SMARTS) is 2. The first-order chi connectivity index (χ1) is 12.6. The normalized spacial score (nSPS) is 13.1. The van der Waals surface area contributed by atoms with Gasteiger partial charge in [-0.05, 0) is 19.3 Å². The van der Waals surface area contributed by atoms with Crippen LogP contribution in [0.2, 0.25) is 0 Å². The molecule has 2 atom stereocenters. The van der Waals surface area contributed by atoms with Crippen molar-refractivity contribution in [1.29, 1.82) is 0 Å². The minimum Gasteiger partial charge on any atom is -0.481 e. The molecule has 0 saturated heterocycles. The van der Waals surface area contributed by atoms with Gasteiger partial charge in [0.1, 0.15) is 12.1 Å². The van der Waals surface area contributed by atoms with Gasteiger partial charge in [-0.2, -0.15) is 0 Å². The van der Waals surface area contributed by atoms with Crippen LogP contribution in [-0.2, 0) is 19.2 Å². The second-order valence-electron chi connectivity index (χ2n) is 7.03. The first kappa shape index (κ1) is 24.9. The average Bonchev–Trinajstić information content (AvgIpc) is 2.56. The van der Waals surface area contributed by atoms with Crippen LogP contribution in [0.5, 0.6) is 0 Å². The summed E-state index contributed by atoms with van der Waals surface area (Å²) >= 11 is 0. The Morgan fingerprint density at radius 3 is 2.00 bits per heavy atom. The zero-order valence-electron chi connectivity index (χ0n) is 16.9. The molecule has 3 N–H and O–H groups in total. The Bertz CT molecular complexity index is 506. The maximum absolute atomic E-state index is 12.8. The minimum absolute atomic E-state index is 0.108. The maximum Gasteiger partial charge on any atom is 0.326 e. The lowest BCUT2D eigenvalue weighted by molar-refractivity contribution is -0.154. The van der Waals surface area contributed by atoms with E-state index in [1.54, 1.807) is 20.8 Å². The Hall–Kier alpha value is -2.12. The van der Waals surface area contributed by atoms with Crippen molar-refractivity contribution in [3.05, 3.63) is 0 Å². The molecular weight excluding hydrogens is 352 g/mol. The Balaban J connectivity index is 5.08. The largest absolute Gasteiger partial charge is 0.481 e. The summed E-state index contributed by atoms with van der Waals surface area (Å²) in [6.45, 7) is 7.18. The number of rotatable bonds is 14. The van der Waals surface area contributed by atoms with Gasteiger partial charge in [0.25, 0.3) is 0 Å². The minimum atomic E-state index is -1.27. The van der Waals surface area contributed by atoms with Gasteiger partial charge in [-0.3, -0.25) is 14.4 Å². The van der Waals surface area contributed by atoms with Crippen LogP contribution in [0.1, 0.15) is 72.6 Å². The average molecular weight is 386 g/mol. The third-order valence-corrected chi connectivity index (χ3v) is 4.36. The van der Waals surface area contributed by atoms with Gasteiger partial charge in [0.05, 0.1) is 6.42 Å². The number of likely N-dealkylation sites (N-methyl/N-ethyl adjacent to an activating group) is 1. The van der Waals surface area contributed by atoms with E-state index in [0.29, 0.717) is 6.42 Å². The van der Waals surface area contributed by atoms with Crippen LogP contribution < -0.4 is 5.32 Å². The lowest BCUT2D eigenvalue weighted by Crippen LogP contribution is -2.55. The number of amides is 2. The van der Waals surface area contributed by atoms with E-state index in [9.17, 15) is 24.3 Å². The zero-order chi connectivity index (χ0) is 21.0. The lowest BCUT2D eigenvalue weighted by atomic mass is 10.0. The lowest BCUT2D eigenvalue weighted by Gasteiger charge is -2.33. The number of carboxylic acids is 2. The van der Waals surface area contributed by atoms with Gasteiger partial charge in [0.15, 0.2) is 0 Å². The van der Waals surface area contributed by atoms with E-state index >= 15 is 0 Å². The van der Waals surface area contributed by atoms with E-state index in [2.05, 4.69) is 12.2 Å². The topological polar surface area (TPSA) is 124 Å². The molecule has 8 heteroatoms. The molecule has 0 rings (SSSR count). The van der Waals surface area contributed by atoms with E-state index in [-0.39, 0.29) is 18.9 Å². The molecule has 0 fully saturated rings. The molecule has 0 aromatic rings. The Kier molecular flexibility index (Phi) is 12.1. The predicted molar refractivity (Wildman–Crippen MR) is 101 cm³/mol. The molecule has 0 saturated carbocycles. The molecule has 0 unspecified atom stereocenters. The standard InChI is InChI=1S/C19H34N2O6/c1-5-7-8-9-10-11-15(22)20-14(12-16(23)24)18(25)21(6-2)17(13(3)4)19(26)27/h13-14,17H,5-12H2,1-4H3,(H,20,22)(H,23,24)(H,26,27)/t14-,17-/m0/s1. The third kappa shape index (κ3) is 9.40. The van der Waals surface area contributed by atoms with Crippen LogP contribution in [0.15, 0.2) is 0 Å².